The number of carboxylic acid groups (broad SMARTS) is 1. The van der Waals surface area contributed by atoms with Gasteiger partial charge in [-0.05, 0) is 49.7 Å². The van der Waals surface area contributed by atoms with Crippen LogP contribution in [0.4, 0.5) is 5.69 Å². The van der Waals surface area contributed by atoms with Crippen LogP contribution in [0.3, 0.4) is 0 Å². The number of aromatic nitrogens is 1. The van der Waals surface area contributed by atoms with Crippen LogP contribution in [0.15, 0.2) is 18.3 Å². The van der Waals surface area contributed by atoms with Crippen molar-refractivity contribution in [3.63, 3.8) is 0 Å². The lowest BCUT2D eigenvalue weighted by Crippen LogP contribution is -2.32. The molecule has 1 saturated carbocycles. The average molecular weight is 359 g/mol. The molecule has 0 bridgehead atoms. The Bertz CT molecular complexity index is 666. The molecule has 6 heteroatoms. The molecule has 1 amide bonds. The molecular weight excluding hydrogens is 330 g/mol. The highest BCUT2D eigenvalue weighted by Gasteiger charge is 2.45. The van der Waals surface area contributed by atoms with E-state index in [-0.39, 0.29) is 17.7 Å². The zero-order valence-electron chi connectivity index (χ0n) is 15.8. The van der Waals surface area contributed by atoms with Crippen molar-refractivity contribution in [2.45, 2.75) is 50.9 Å². The number of aliphatic carboxylic acids is 1. The highest BCUT2D eigenvalue weighted by atomic mass is 16.4. The van der Waals surface area contributed by atoms with Crippen LogP contribution >= 0.6 is 0 Å². The number of rotatable bonds is 6. The second-order valence-corrected chi connectivity index (χ2v) is 8.07. The lowest BCUT2D eigenvalue weighted by Gasteiger charge is -2.37. The zero-order valence-corrected chi connectivity index (χ0v) is 15.8. The van der Waals surface area contributed by atoms with E-state index in [1.165, 1.54) is 11.4 Å². The number of carboxylic acids is 1. The van der Waals surface area contributed by atoms with Crippen molar-refractivity contribution in [2.24, 2.45) is 5.41 Å². The van der Waals surface area contributed by atoms with E-state index < -0.39 is 5.97 Å². The summed E-state index contributed by atoms with van der Waals surface area (Å²) < 4.78 is 0. The molecule has 1 aromatic heterocycles. The van der Waals surface area contributed by atoms with Gasteiger partial charge in [-0.15, -0.1) is 0 Å². The number of hydrogen-bond donors (Lipinski definition) is 1. The summed E-state index contributed by atoms with van der Waals surface area (Å²) in [6, 6.07) is 4.10. The summed E-state index contributed by atoms with van der Waals surface area (Å²) in [4.78, 5) is 31.7. The van der Waals surface area contributed by atoms with E-state index in [4.69, 9.17) is 5.11 Å². The van der Waals surface area contributed by atoms with Crippen molar-refractivity contribution in [3.8, 4) is 0 Å². The van der Waals surface area contributed by atoms with Crippen LogP contribution in [0.1, 0.15) is 56.6 Å². The van der Waals surface area contributed by atoms with Gasteiger partial charge < -0.3 is 14.9 Å². The van der Waals surface area contributed by atoms with Crippen LogP contribution < -0.4 is 4.90 Å². The third-order valence-electron chi connectivity index (χ3n) is 5.95. The number of likely N-dealkylation sites (tertiary alicyclic amines) is 1. The molecule has 0 unspecified atom stereocenters. The standard InChI is InChI=1S/C20H29N3O3/c1-22(2)16-5-3-11-21-19(16)15-7-9-20(10-8-15)13-17(24)23(14-20)12-4-6-18(25)26/h3,5,11,15H,4,6-10,12-14H2,1-2H3,(H,25,26). The second-order valence-electron chi connectivity index (χ2n) is 8.07. The monoisotopic (exact) mass is 359 g/mol. The predicted octanol–water partition coefficient (Wildman–Crippen LogP) is 2.89. The molecule has 3 rings (SSSR count). The highest BCUT2D eigenvalue weighted by Crippen LogP contribution is 2.49. The lowest BCUT2D eigenvalue weighted by molar-refractivity contribution is -0.137. The van der Waals surface area contributed by atoms with Gasteiger partial charge in [0.15, 0.2) is 0 Å². The molecule has 0 aromatic carbocycles. The fourth-order valence-corrected chi connectivity index (χ4v) is 4.55. The Morgan fingerprint density at radius 1 is 1.38 bits per heavy atom. The van der Waals surface area contributed by atoms with Gasteiger partial charge in [0.05, 0.1) is 11.4 Å². The van der Waals surface area contributed by atoms with Crippen molar-refractivity contribution in [2.75, 3.05) is 32.1 Å². The Hall–Kier alpha value is -2.11. The normalized spacial score (nSPS) is 25.7. The first-order valence-electron chi connectivity index (χ1n) is 9.52. The number of hydrogen-bond acceptors (Lipinski definition) is 4. The third kappa shape index (κ3) is 4.00. The van der Waals surface area contributed by atoms with Crippen LogP contribution in [0.5, 0.6) is 0 Å². The number of anilines is 1. The molecule has 2 heterocycles. The molecule has 142 valence electrons. The summed E-state index contributed by atoms with van der Waals surface area (Å²) in [5.74, 6) is -0.144. The summed E-state index contributed by atoms with van der Waals surface area (Å²) in [5, 5.41) is 8.78. The van der Waals surface area contributed by atoms with Gasteiger partial charge in [0.1, 0.15) is 0 Å². The van der Waals surface area contributed by atoms with Gasteiger partial charge in [0.2, 0.25) is 5.91 Å². The molecule has 2 aliphatic rings. The number of pyridine rings is 1. The van der Waals surface area contributed by atoms with E-state index in [2.05, 4.69) is 30.0 Å². The van der Waals surface area contributed by atoms with E-state index in [0.717, 1.165) is 32.2 Å². The summed E-state index contributed by atoms with van der Waals surface area (Å²) in [7, 11) is 4.10. The predicted molar refractivity (Wildman–Crippen MR) is 100 cm³/mol. The van der Waals surface area contributed by atoms with Gasteiger partial charge in [-0.1, -0.05) is 0 Å². The first-order chi connectivity index (χ1) is 12.4. The molecule has 1 spiro atoms. The summed E-state index contributed by atoms with van der Waals surface area (Å²) in [5.41, 5.74) is 2.45. The highest BCUT2D eigenvalue weighted by molar-refractivity contribution is 5.79. The first-order valence-corrected chi connectivity index (χ1v) is 9.52. The van der Waals surface area contributed by atoms with Gasteiger partial charge in [-0.2, -0.15) is 0 Å². The number of nitrogens with zero attached hydrogens (tertiary/aromatic N) is 3. The van der Waals surface area contributed by atoms with E-state index in [0.29, 0.717) is 25.3 Å². The molecule has 1 saturated heterocycles. The molecule has 1 aromatic rings. The number of carbonyl (C=O) groups excluding carboxylic acids is 1. The van der Waals surface area contributed by atoms with Gasteiger partial charge in [-0.25, -0.2) is 0 Å². The van der Waals surface area contributed by atoms with Gasteiger partial charge in [0.25, 0.3) is 0 Å². The number of amides is 1. The summed E-state index contributed by atoms with van der Waals surface area (Å²) in [6.07, 6.45) is 7.38. The minimum absolute atomic E-state index is 0.0872. The molecule has 1 aliphatic carbocycles. The summed E-state index contributed by atoms with van der Waals surface area (Å²) >= 11 is 0. The minimum Gasteiger partial charge on any atom is -0.481 e. The largest absolute Gasteiger partial charge is 0.481 e. The molecular formula is C20H29N3O3. The maximum Gasteiger partial charge on any atom is 0.303 e. The molecule has 0 atom stereocenters. The smallest absolute Gasteiger partial charge is 0.303 e. The van der Waals surface area contributed by atoms with E-state index in [9.17, 15) is 9.59 Å². The molecule has 26 heavy (non-hydrogen) atoms. The average Bonchev–Trinajstić information content (AvgIpc) is 2.90. The van der Waals surface area contributed by atoms with Crippen molar-refractivity contribution < 1.29 is 14.7 Å². The minimum atomic E-state index is -0.793. The van der Waals surface area contributed by atoms with Crippen molar-refractivity contribution in [1.82, 2.24) is 9.88 Å². The van der Waals surface area contributed by atoms with Crippen LogP contribution in [0.2, 0.25) is 0 Å². The lowest BCUT2D eigenvalue weighted by atomic mass is 9.69. The molecule has 2 fully saturated rings. The van der Waals surface area contributed by atoms with Crippen LogP contribution in [-0.2, 0) is 9.59 Å². The van der Waals surface area contributed by atoms with Crippen LogP contribution in [-0.4, -0.2) is 54.1 Å². The Balaban J connectivity index is 1.60. The second kappa shape index (κ2) is 7.64. The molecule has 1 N–H and O–H groups in total. The van der Waals surface area contributed by atoms with E-state index >= 15 is 0 Å². The first kappa shape index (κ1) is 18.7. The Morgan fingerprint density at radius 3 is 2.77 bits per heavy atom. The van der Waals surface area contributed by atoms with Crippen LogP contribution in [0.25, 0.3) is 0 Å². The van der Waals surface area contributed by atoms with E-state index in [1.54, 1.807) is 0 Å². The van der Waals surface area contributed by atoms with E-state index in [1.807, 2.05) is 17.2 Å². The Morgan fingerprint density at radius 2 is 2.12 bits per heavy atom. The van der Waals surface area contributed by atoms with Crippen molar-refractivity contribution in [1.29, 1.82) is 0 Å². The van der Waals surface area contributed by atoms with Crippen molar-refractivity contribution in [3.05, 3.63) is 24.0 Å². The molecule has 1 aliphatic heterocycles. The fraction of sp³-hybridized carbons (Fsp3) is 0.650. The topological polar surface area (TPSA) is 73.7 Å². The van der Waals surface area contributed by atoms with Gasteiger partial charge in [-0.3, -0.25) is 14.6 Å². The zero-order chi connectivity index (χ0) is 18.7. The number of carbonyl (C=O) groups is 2. The maximum absolute atomic E-state index is 12.4. The quantitative estimate of drug-likeness (QED) is 0.845. The molecule has 6 nitrogen and oxygen atoms in total. The van der Waals surface area contributed by atoms with Gasteiger partial charge in [0, 0.05) is 52.1 Å². The van der Waals surface area contributed by atoms with Crippen molar-refractivity contribution >= 4 is 17.6 Å². The van der Waals surface area contributed by atoms with Gasteiger partial charge >= 0.3 is 5.97 Å². The molecule has 0 radical (unpaired) electrons. The maximum atomic E-state index is 12.4. The Kier molecular flexibility index (Phi) is 5.49. The fourth-order valence-electron chi connectivity index (χ4n) is 4.55. The summed E-state index contributed by atoms with van der Waals surface area (Å²) in [6.45, 7) is 1.36. The van der Waals surface area contributed by atoms with Crippen LogP contribution in [0, 0.1) is 5.41 Å². The SMILES string of the molecule is CN(C)c1cccnc1C1CCC2(CC1)CC(=O)N(CCCC(=O)O)C2. The third-order valence-corrected chi connectivity index (χ3v) is 5.95. The Labute approximate surface area is 155 Å².